The van der Waals surface area contributed by atoms with E-state index in [-0.39, 0.29) is 5.91 Å². The number of piperazine rings is 1. The van der Waals surface area contributed by atoms with Crippen LogP contribution in [0.4, 0.5) is 5.82 Å². The second kappa shape index (κ2) is 7.88. The maximum Gasteiger partial charge on any atom is 0.234 e. The molecule has 0 bridgehead atoms. The van der Waals surface area contributed by atoms with Gasteiger partial charge in [0.1, 0.15) is 17.0 Å². The molecule has 0 unspecified atom stereocenters. The van der Waals surface area contributed by atoms with E-state index in [4.69, 9.17) is 0 Å². The molecule has 2 aromatic heterocycles. The molecule has 2 aliphatic rings. The fraction of sp³-hybridized carbons (Fsp3) is 0.632. The largest absolute Gasteiger partial charge is 0.355 e. The molecule has 1 fully saturated rings. The summed E-state index contributed by atoms with van der Waals surface area (Å²) in [5, 5.41) is 4.26. The molecule has 1 aliphatic carbocycles. The summed E-state index contributed by atoms with van der Waals surface area (Å²) < 4.78 is 0. The predicted molar refractivity (Wildman–Crippen MR) is 106 cm³/mol. The van der Waals surface area contributed by atoms with Crippen LogP contribution in [0.2, 0.25) is 0 Å². The van der Waals surface area contributed by atoms with E-state index in [2.05, 4.69) is 32.0 Å². The lowest BCUT2D eigenvalue weighted by molar-refractivity contribution is -0.122. The number of hydrogen-bond donors (Lipinski definition) is 1. The highest BCUT2D eigenvalue weighted by atomic mass is 32.1. The summed E-state index contributed by atoms with van der Waals surface area (Å²) in [7, 11) is 0. The maximum atomic E-state index is 11.9. The van der Waals surface area contributed by atoms with Crippen molar-refractivity contribution < 1.29 is 4.79 Å². The van der Waals surface area contributed by atoms with Crippen molar-refractivity contribution in [3.8, 4) is 0 Å². The average molecular weight is 374 g/mol. The number of aromatic nitrogens is 2. The molecule has 1 N–H and O–H groups in total. The van der Waals surface area contributed by atoms with Gasteiger partial charge in [0.05, 0.1) is 11.9 Å². The number of nitrogens with zero attached hydrogens (tertiary/aromatic N) is 4. The van der Waals surface area contributed by atoms with Crippen LogP contribution in [-0.2, 0) is 17.6 Å². The van der Waals surface area contributed by atoms with E-state index in [0.717, 1.165) is 56.2 Å². The summed E-state index contributed by atoms with van der Waals surface area (Å²) in [4.78, 5) is 28.4. The Bertz CT molecular complexity index is 782. The van der Waals surface area contributed by atoms with Gasteiger partial charge in [-0.05, 0) is 37.7 Å². The summed E-state index contributed by atoms with van der Waals surface area (Å²) in [5.74, 6) is 1.24. The van der Waals surface area contributed by atoms with Crippen molar-refractivity contribution in [1.82, 2.24) is 20.2 Å². The minimum atomic E-state index is 0.136. The van der Waals surface area contributed by atoms with Gasteiger partial charge in [-0.3, -0.25) is 9.69 Å². The number of aryl methyl sites for hydroxylation is 2. The van der Waals surface area contributed by atoms with Gasteiger partial charge in [-0.15, -0.1) is 11.3 Å². The Labute approximate surface area is 158 Å². The van der Waals surface area contributed by atoms with Crippen LogP contribution < -0.4 is 10.2 Å². The SMILES string of the molecule is CCCNC(=O)CN1CCN(c2ncnc3sc4c(c23)CCCC4)CC1. The molecule has 0 radical (unpaired) electrons. The highest BCUT2D eigenvalue weighted by Crippen LogP contribution is 2.39. The Kier molecular flexibility index (Phi) is 5.36. The minimum Gasteiger partial charge on any atom is -0.355 e. The molecule has 26 heavy (non-hydrogen) atoms. The van der Waals surface area contributed by atoms with Gasteiger partial charge in [0.2, 0.25) is 5.91 Å². The topological polar surface area (TPSA) is 61.4 Å². The summed E-state index contributed by atoms with van der Waals surface area (Å²) in [6.07, 6.45) is 7.61. The van der Waals surface area contributed by atoms with Gasteiger partial charge in [-0.2, -0.15) is 0 Å². The van der Waals surface area contributed by atoms with Crippen LogP contribution in [0.15, 0.2) is 6.33 Å². The van der Waals surface area contributed by atoms with E-state index >= 15 is 0 Å². The van der Waals surface area contributed by atoms with Crippen LogP contribution in [0, 0.1) is 0 Å². The van der Waals surface area contributed by atoms with Crippen molar-refractivity contribution in [1.29, 1.82) is 0 Å². The molecule has 7 heteroatoms. The number of rotatable bonds is 5. The quantitative estimate of drug-likeness (QED) is 0.871. The van der Waals surface area contributed by atoms with E-state index in [1.54, 1.807) is 6.33 Å². The normalized spacial score (nSPS) is 18.1. The van der Waals surface area contributed by atoms with Gasteiger partial charge < -0.3 is 10.2 Å². The zero-order chi connectivity index (χ0) is 17.9. The van der Waals surface area contributed by atoms with Crippen LogP contribution in [0.5, 0.6) is 0 Å². The van der Waals surface area contributed by atoms with Gasteiger partial charge in [0.25, 0.3) is 0 Å². The number of nitrogens with one attached hydrogen (secondary N) is 1. The third kappa shape index (κ3) is 3.55. The van der Waals surface area contributed by atoms with E-state index in [1.165, 1.54) is 35.1 Å². The minimum absolute atomic E-state index is 0.136. The van der Waals surface area contributed by atoms with Crippen LogP contribution in [0.1, 0.15) is 36.6 Å². The molecule has 2 aromatic rings. The first-order valence-corrected chi connectivity index (χ1v) is 10.6. The van der Waals surface area contributed by atoms with Crippen molar-refractivity contribution in [3.63, 3.8) is 0 Å². The summed E-state index contributed by atoms with van der Waals surface area (Å²) in [5.41, 5.74) is 1.49. The van der Waals surface area contributed by atoms with Gasteiger partial charge in [0, 0.05) is 37.6 Å². The number of anilines is 1. The van der Waals surface area contributed by atoms with Crippen molar-refractivity contribution in [2.45, 2.75) is 39.0 Å². The third-order valence-electron chi connectivity index (χ3n) is 5.34. The first-order valence-electron chi connectivity index (χ1n) is 9.75. The van der Waals surface area contributed by atoms with Crippen molar-refractivity contribution in [3.05, 3.63) is 16.8 Å². The number of carbonyl (C=O) groups is 1. The molecule has 4 rings (SSSR count). The molecule has 1 saturated heterocycles. The zero-order valence-corrected chi connectivity index (χ0v) is 16.3. The van der Waals surface area contributed by atoms with Crippen LogP contribution >= 0.6 is 11.3 Å². The fourth-order valence-electron chi connectivity index (χ4n) is 3.95. The first-order chi connectivity index (χ1) is 12.8. The van der Waals surface area contributed by atoms with E-state index < -0.39 is 0 Å². The molecule has 0 atom stereocenters. The monoisotopic (exact) mass is 373 g/mol. The molecular formula is C19H27N5OS. The van der Waals surface area contributed by atoms with Crippen molar-refractivity contribution in [2.75, 3.05) is 44.2 Å². The van der Waals surface area contributed by atoms with Gasteiger partial charge in [0.15, 0.2) is 0 Å². The molecule has 0 aromatic carbocycles. The Hall–Kier alpha value is -1.73. The predicted octanol–water partition coefficient (Wildman–Crippen LogP) is 2.22. The fourth-order valence-corrected chi connectivity index (χ4v) is 5.18. The number of amides is 1. The maximum absolute atomic E-state index is 11.9. The smallest absolute Gasteiger partial charge is 0.234 e. The Morgan fingerprint density at radius 3 is 2.81 bits per heavy atom. The van der Waals surface area contributed by atoms with Gasteiger partial charge in [-0.25, -0.2) is 9.97 Å². The Balaban J connectivity index is 1.46. The lowest BCUT2D eigenvalue weighted by Crippen LogP contribution is -2.49. The molecule has 1 aliphatic heterocycles. The van der Waals surface area contributed by atoms with E-state index in [0.29, 0.717) is 6.54 Å². The highest BCUT2D eigenvalue weighted by Gasteiger charge is 2.25. The molecule has 0 spiro atoms. The molecule has 140 valence electrons. The van der Waals surface area contributed by atoms with Crippen molar-refractivity contribution >= 4 is 33.3 Å². The molecular weight excluding hydrogens is 346 g/mol. The van der Waals surface area contributed by atoms with Crippen LogP contribution in [-0.4, -0.2) is 60.0 Å². The third-order valence-corrected chi connectivity index (χ3v) is 6.54. The molecule has 3 heterocycles. The number of carbonyl (C=O) groups excluding carboxylic acids is 1. The molecule has 6 nitrogen and oxygen atoms in total. The Morgan fingerprint density at radius 1 is 1.19 bits per heavy atom. The van der Waals surface area contributed by atoms with Crippen LogP contribution in [0.25, 0.3) is 10.2 Å². The second-order valence-electron chi connectivity index (χ2n) is 7.20. The van der Waals surface area contributed by atoms with Gasteiger partial charge >= 0.3 is 0 Å². The average Bonchev–Trinajstić information content (AvgIpc) is 3.06. The van der Waals surface area contributed by atoms with Crippen LogP contribution in [0.3, 0.4) is 0 Å². The highest BCUT2D eigenvalue weighted by molar-refractivity contribution is 7.19. The first kappa shape index (κ1) is 17.7. The van der Waals surface area contributed by atoms with Gasteiger partial charge in [-0.1, -0.05) is 6.92 Å². The standard InChI is InChI=1S/C19H27N5OS/c1-2-7-20-16(25)12-23-8-10-24(11-9-23)18-17-14-5-3-4-6-15(14)26-19(17)22-13-21-18/h13H,2-12H2,1H3,(H,20,25). The number of thiophene rings is 1. The number of hydrogen-bond acceptors (Lipinski definition) is 6. The van der Waals surface area contributed by atoms with E-state index in [1.807, 2.05) is 11.3 Å². The lowest BCUT2D eigenvalue weighted by atomic mass is 9.97. The Morgan fingerprint density at radius 2 is 2.00 bits per heavy atom. The molecule has 1 amide bonds. The summed E-state index contributed by atoms with van der Waals surface area (Å²) in [6.45, 7) is 6.97. The zero-order valence-electron chi connectivity index (χ0n) is 15.5. The lowest BCUT2D eigenvalue weighted by Gasteiger charge is -2.35. The summed E-state index contributed by atoms with van der Waals surface area (Å²) >= 11 is 1.85. The van der Waals surface area contributed by atoms with E-state index in [9.17, 15) is 4.79 Å². The van der Waals surface area contributed by atoms with Crippen molar-refractivity contribution in [2.24, 2.45) is 0 Å². The summed E-state index contributed by atoms with van der Waals surface area (Å²) in [6, 6.07) is 0. The second-order valence-corrected chi connectivity index (χ2v) is 8.29. The number of fused-ring (bicyclic) bond motifs is 3. The molecule has 0 saturated carbocycles.